The van der Waals surface area contributed by atoms with Crippen molar-refractivity contribution in [2.45, 2.75) is 25.7 Å². The molecule has 5 nitrogen and oxygen atoms in total. The summed E-state index contributed by atoms with van der Waals surface area (Å²) in [6, 6.07) is 0. The normalized spacial score (nSPS) is 31.0. The maximum Gasteiger partial charge on any atom is 0.221 e. The van der Waals surface area contributed by atoms with E-state index in [2.05, 4.69) is 27.1 Å². The van der Waals surface area contributed by atoms with Gasteiger partial charge in [0.2, 0.25) is 5.95 Å². The molecule has 2 bridgehead atoms. The number of nitrogens with two attached hydrogens (primary N) is 2. The predicted octanol–water partition coefficient (Wildman–Crippen LogP) is 1.61. The standard InChI is InChI=1S/C14H19N5/c1-17-11-6-9-2-4-14(11,5-3-9)7-10-8-18-13(16)19-12(10)15/h2,4,8-9H,3,5-7H2,1H3,(H4,15,16,18,19)/b17-11+. The van der Waals surface area contributed by atoms with Gasteiger partial charge in [-0.25, -0.2) is 4.98 Å². The Hall–Kier alpha value is -1.91. The molecule has 0 amide bonds. The van der Waals surface area contributed by atoms with E-state index in [-0.39, 0.29) is 11.4 Å². The molecule has 3 aliphatic carbocycles. The summed E-state index contributed by atoms with van der Waals surface area (Å²) in [5, 5.41) is 0. The molecule has 19 heavy (non-hydrogen) atoms. The zero-order chi connectivity index (χ0) is 13.5. The van der Waals surface area contributed by atoms with E-state index in [9.17, 15) is 0 Å². The van der Waals surface area contributed by atoms with E-state index in [1.807, 2.05) is 7.05 Å². The number of aromatic nitrogens is 2. The first-order valence-corrected chi connectivity index (χ1v) is 6.65. The zero-order valence-electron chi connectivity index (χ0n) is 11.1. The van der Waals surface area contributed by atoms with E-state index >= 15 is 0 Å². The summed E-state index contributed by atoms with van der Waals surface area (Å²) >= 11 is 0. The first kappa shape index (κ1) is 12.1. The molecule has 5 heteroatoms. The number of fused-ring (bicyclic) bond motifs is 2. The van der Waals surface area contributed by atoms with Gasteiger partial charge in [0.15, 0.2) is 0 Å². The number of hydrogen-bond donors (Lipinski definition) is 2. The third kappa shape index (κ3) is 1.99. The van der Waals surface area contributed by atoms with Crippen LogP contribution in [0.5, 0.6) is 0 Å². The molecule has 100 valence electrons. The number of nitrogens with zero attached hydrogens (tertiary/aromatic N) is 3. The molecule has 1 aromatic rings. The molecule has 0 saturated heterocycles. The number of allylic oxidation sites excluding steroid dienone is 2. The van der Waals surface area contributed by atoms with Gasteiger partial charge in [0.05, 0.1) is 0 Å². The maximum atomic E-state index is 5.96. The van der Waals surface area contributed by atoms with Gasteiger partial charge in [0.1, 0.15) is 5.82 Å². The highest BCUT2D eigenvalue weighted by Crippen LogP contribution is 2.46. The third-order valence-corrected chi connectivity index (χ3v) is 4.37. The van der Waals surface area contributed by atoms with Crippen molar-refractivity contribution in [3.05, 3.63) is 23.9 Å². The lowest BCUT2D eigenvalue weighted by Gasteiger charge is -2.43. The van der Waals surface area contributed by atoms with E-state index in [1.54, 1.807) is 6.20 Å². The van der Waals surface area contributed by atoms with E-state index in [0.29, 0.717) is 11.7 Å². The predicted molar refractivity (Wildman–Crippen MR) is 76.8 cm³/mol. The van der Waals surface area contributed by atoms with Gasteiger partial charge in [0, 0.05) is 29.9 Å². The molecule has 1 heterocycles. The molecule has 1 aromatic heterocycles. The van der Waals surface area contributed by atoms with E-state index < -0.39 is 0 Å². The molecule has 0 aliphatic heterocycles. The summed E-state index contributed by atoms with van der Waals surface area (Å²) in [6.45, 7) is 0. The van der Waals surface area contributed by atoms with Crippen LogP contribution in [0.2, 0.25) is 0 Å². The van der Waals surface area contributed by atoms with Crippen LogP contribution < -0.4 is 11.5 Å². The van der Waals surface area contributed by atoms with Crippen molar-refractivity contribution in [2.75, 3.05) is 18.5 Å². The average Bonchev–Trinajstić information content (AvgIpc) is 2.43. The minimum Gasteiger partial charge on any atom is -0.383 e. The number of hydrogen-bond acceptors (Lipinski definition) is 5. The Balaban J connectivity index is 1.96. The first-order valence-electron chi connectivity index (χ1n) is 6.65. The van der Waals surface area contributed by atoms with Crippen LogP contribution in [0.25, 0.3) is 0 Å². The second-order valence-corrected chi connectivity index (χ2v) is 5.50. The summed E-state index contributed by atoms with van der Waals surface area (Å²) in [5.74, 6) is 1.38. The van der Waals surface area contributed by atoms with Crippen molar-refractivity contribution in [3.8, 4) is 0 Å². The van der Waals surface area contributed by atoms with Gasteiger partial charge in [-0.2, -0.15) is 4.98 Å². The van der Waals surface area contributed by atoms with Crippen LogP contribution in [0.1, 0.15) is 24.8 Å². The topological polar surface area (TPSA) is 90.2 Å². The van der Waals surface area contributed by atoms with Crippen molar-refractivity contribution in [2.24, 2.45) is 16.3 Å². The van der Waals surface area contributed by atoms with Crippen LogP contribution in [0.4, 0.5) is 11.8 Å². The van der Waals surface area contributed by atoms with Gasteiger partial charge in [-0.15, -0.1) is 0 Å². The Labute approximate surface area is 112 Å². The SMILES string of the molecule is C/N=C1\CC2C=CC1(Cc1cnc(N)nc1N)CC2. The van der Waals surface area contributed by atoms with Crippen molar-refractivity contribution in [1.82, 2.24) is 9.97 Å². The van der Waals surface area contributed by atoms with Crippen LogP contribution in [0.3, 0.4) is 0 Å². The highest BCUT2D eigenvalue weighted by molar-refractivity contribution is 5.94. The molecular weight excluding hydrogens is 238 g/mol. The summed E-state index contributed by atoms with van der Waals surface area (Å²) in [7, 11) is 1.88. The largest absolute Gasteiger partial charge is 0.383 e. The smallest absolute Gasteiger partial charge is 0.221 e. The Kier molecular flexibility index (Phi) is 2.77. The zero-order valence-corrected chi connectivity index (χ0v) is 11.1. The van der Waals surface area contributed by atoms with Gasteiger partial charge < -0.3 is 11.5 Å². The van der Waals surface area contributed by atoms with Gasteiger partial charge in [-0.05, 0) is 31.6 Å². The Bertz CT molecular complexity index is 563. The summed E-state index contributed by atoms with van der Waals surface area (Å²) < 4.78 is 0. The quantitative estimate of drug-likeness (QED) is 0.787. The second kappa shape index (κ2) is 4.33. The minimum absolute atomic E-state index is 0.0110. The fourth-order valence-corrected chi connectivity index (χ4v) is 3.28. The molecule has 0 radical (unpaired) electrons. The monoisotopic (exact) mass is 257 g/mol. The highest BCUT2D eigenvalue weighted by atomic mass is 15.0. The van der Waals surface area contributed by atoms with Crippen LogP contribution in [-0.2, 0) is 6.42 Å². The van der Waals surface area contributed by atoms with Crippen molar-refractivity contribution < 1.29 is 0 Å². The van der Waals surface area contributed by atoms with E-state index in [1.165, 1.54) is 12.1 Å². The average molecular weight is 257 g/mol. The molecule has 0 aromatic carbocycles. The molecule has 4 rings (SSSR count). The number of aliphatic imine (C=N–C) groups is 1. The lowest BCUT2D eigenvalue weighted by Crippen LogP contribution is -2.41. The fourth-order valence-electron chi connectivity index (χ4n) is 3.28. The summed E-state index contributed by atoms with van der Waals surface area (Å²) in [6.07, 6.45) is 10.6. The molecule has 3 aliphatic rings. The van der Waals surface area contributed by atoms with Gasteiger partial charge in [-0.1, -0.05) is 12.2 Å². The molecule has 2 unspecified atom stereocenters. The van der Waals surface area contributed by atoms with Crippen LogP contribution in [0.15, 0.2) is 23.3 Å². The van der Waals surface area contributed by atoms with Gasteiger partial charge in [0.25, 0.3) is 0 Å². The van der Waals surface area contributed by atoms with Gasteiger partial charge >= 0.3 is 0 Å². The molecule has 1 saturated carbocycles. The first-order chi connectivity index (χ1) is 9.13. The van der Waals surface area contributed by atoms with Crippen molar-refractivity contribution >= 4 is 17.5 Å². The summed E-state index contributed by atoms with van der Waals surface area (Å²) in [5.41, 5.74) is 13.8. The summed E-state index contributed by atoms with van der Waals surface area (Å²) in [4.78, 5) is 12.6. The number of rotatable bonds is 2. The highest BCUT2D eigenvalue weighted by Gasteiger charge is 2.41. The second-order valence-electron chi connectivity index (χ2n) is 5.50. The molecule has 2 atom stereocenters. The van der Waals surface area contributed by atoms with E-state index in [0.717, 1.165) is 24.8 Å². The van der Waals surface area contributed by atoms with Crippen molar-refractivity contribution in [1.29, 1.82) is 0 Å². The fraction of sp³-hybridized carbons (Fsp3) is 0.500. The lowest BCUT2D eigenvalue weighted by atomic mass is 9.61. The third-order valence-electron chi connectivity index (χ3n) is 4.37. The molecule has 1 fully saturated rings. The minimum atomic E-state index is 0.0110. The number of nitrogen functional groups attached to an aromatic ring is 2. The van der Waals surface area contributed by atoms with Crippen LogP contribution in [0, 0.1) is 11.3 Å². The number of anilines is 2. The van der Waals surface area contributed by atoms with Crippen LogP contribution >= 0.6 is 0 Å². The van der Waals surface area contributed by atoms with E-state index in [4.69, 9.17) is 11.5 Å². The van der Waals surface area contributed by atoms with Crippen molar-refractivity contribution in [3.63, 3.8) is 0 Å². The Morgan fingerprint density at radius 1 is 1.47 bits per heavy atom. The lowest BCUT2D eigenvalue weighted by molar-refractivity contribution is 0.348. The molecule has 4 N–H and O–H groups in total. The Morgan fingerprint density at radius 3 is 2.95 bits per heavy atom. The molecular formula is C14H19N5. The molecule has 0 spiro atoms. The Morgan fingerprint density at radius 2 is 2.32 bits per heavy atom. The van der Waals surface area contributed by atoms with Gasteiger partial charge in [-0.3, -0.25) is 4.99 Å². The maximum absolute atomic E-state index is 5.96. The van der Waals surface area contributed by atoms with Crippen LogP contribution in [-0.4, -0.2) is 22.7 Å².